The first kappa shape index (κ1) is 13.9. The smallest absolute Gasteiger partial charge is 0.296 e. The molecule has 0 fully saturated rings. The van der Waals surface area contributed by atoms with E-state index in [0.717, 1.165) is 0 Å². The zero-order valence-corrected chi connectivity index (χ0v) is 8.24. The molecule has 1 heterocycles. The third-order valence-electron chi connectivity index (χ3n) is 1.85. The fourth-order valence-electron chi connectivity index (χ4n) is 1.19. The Hall–Kier alpha value is -2.13. The van der Waals surface area contributed by atoms with Crippen LogP contribution in [0.2, 0.25) is 0 Å². The maximum absolute atomic E-state index is 12.5. The number of nitrogens with zero attached hydrogens (tertiary/aromatic N) is 2. The molecule has 0 aliphatic heterocycles. The summed E-state index contributed by atoms with van der Waals surface area (Å²) in [6.45, 7) is 0. The molecule has 0 atom stereocenters. The van der Waals surface area contributed by atoms with Crippen LogP contribution in [0.1, 0.15) is 28.2 Å². The van der Waals surface area contributed by atoms with E-state index >= 15 is 0 Å². The monoisotopic (exact) mass is 270 g/mol. The Morgan fingerprint density at radius 2 is 1.94 bits per heavy atom. The van der Waals surface area contributed by atoms with Gasteiger partial charge in [-0.05, 0) is 6.07 Å². The second-order valence-corrected chi connectivity index (χ2v) is 3.01. The summed E-state index contributed by atoms with van der Waals surface area (Å²) in [5.41, 5.74) is -6.41. The van der Waals surface area contributed by atoms with Gasteiger partial charge in [0, 0.05) is 0 Å². The number of rotatable bonds is 3. The van der Waals surface area contributed by atoms with Crippen molar-refractivity contribution in [3.63, 3.8) is 0 Å². The number of nitro groups is 1. The number of carbonyl (C=O) groups is 1. The number of carbonyl (C=O) groups excluding carboxylic acids is 1. The van der Waals surface area contributed by atoms with Gasteiger partial charge in [0.2, 0.25) is 5.69 Å². The van der Waals surface area contributed by atoms with Crippen molar-refractivity contribution >= 4 is 12.0 Å². The van der Waals surface area contributed by atoms with Crippen molar-refractivity contribution in [3.05, 3.63) is 33.1 Å². The van der Waals surface area contributed by atoms with Gasteiger partial charge in [0.05, 0.1) is 4.92 Å². The van der Waals surface area contributed by atoms with Crippen LogP contribution in [0.5, 0.6) is 0 Å². The van der Waals surface area contributed by atoms with Crippen molar-refractivity contribution in [2.45, 2.75) is 12.6 Å². The standard InChI is InChI=1S/C8H3F5N2O3/c9-7(10)4-1-3(2-16)14-6(8(11,12)13)5(4)15(17)18/h1-2,7H. The second kappa shape index (κ2) is 4.63. The number of alkyl halides is 5. The van der Waals surface area contributed by atoms with Gasteiger partial charge in [0.15, 0.2) is 6.29 Å². The number of aromatic nitrogens is 1. The predicted octanol–water partition coefficient (Wildman–Crippen LogP) is 2.76. The summed E-state index contributed by atoms with van der Waals surface area (Å²) in [5.74, 6) is 0. The molecule has 1 aromatic rings. The molecule has 0 amide bonds. The van der Waals surface area contributed by atoms with Crippen molar-refractivity contribution in [3.8, 4) is 0 Å². The Labute approximate surface area is 95.4 Å². The van der Waals surface area contributed by atoms with Crippen LogP contribution in [0.15, 0.2) is 6.07 Å². The Kier molecular flexibility index (Phi) is 3.58. The van der Waals surface area contributed by atoms with Crippen molar-refractivity contribution in [1.29, 1.82) is 0 Å². The zero-order valence-electron chi connectivity index (χ0n) is 8.24. The highest BCUT2D eigenvalue weighted by Gasteiger charge is 2.43. The van der Waals surface area contributed by atoms with Crippen LogP contribution in [0, 0.1) is 10.1 Å². The van der Waals surface area contributed by atoms with E-state index in [-0.39, 0.29) is 12.4 Å². The minimum Gasteiger partial charge on any atom is -0.296 e. The van der Waals surface area contributed by atoms with Crippen LogP contribution in [0.25, 0.3) is 0 Å². The molecule has 0 aromatic carbocycles. The van der Waals surface area contributed by atoms with E-state index in [1.165, 1.54) is 0 Å². The molecule has 0 aliphatic carbocycles. The van der Waals surface area contributed by atoms with E-state index in [1.54, 1.807) is 0 Å². The maximum Gasteiger partial charge on any atom is 0.440 e. The summed E-state index contributed by atoms with van der Waals surface area (Å²) in [7, 11) is 0. The normalized spacial score (nSPS) is 11.7. The fourth-order valence-corrected chi connectivity index (χ4v) is 1.19. The number of hydrogen-bond donors (Lipinski definition) is 0. The van der Waals surface area contributed by atoms with Gasteiger partial charge in [-0.2, -0.15) is 13.2 Å². The molecule has 18 heavy (non-hydrogen) atoms. The largest absolute Gasteiger partial charge is 0.440 e. The summed E-state index contributed by atoms with van der Waals surface area (Å²) in [4.78, 5) is 21.8. The van der Waals surface area contributed by atoms with E-state index in [2.05, 4.69) is 4.98 Å². The van der Waals surface area contributed by atoms with Crippen molar-refractivity contribution in [1.82, 2.24) is 4.98 Å². The Morgan fingerprint density at radius 3 is 2.28 bits per heavy atom. The molecule has 0 aliphatic rings. The van der Waals surface area contributed by atoms with Gasteiger partial charge >= 0.3 is 11.9 Å². The molecule has 0 radical (unpaired) electrons. The van der Waals surface area contributed by atoms with E-state index < -0.39 is 40.2 Å². The number of aldehydes is 1. The lowest BCUT2D eigenvalue weighted by Crippen LogP contribution is -2.15. The average Bonchev–Trinajstić information content (AvgIpc) is 2.25. The van der Waals surface area contributed by atoms with Crippen LogP contribution < -0.4 is 0 Å². The first-order chi connectivity index (χ1) is 8.18. The van der Waals surface area contributed by atoms with Gasteiger partial charge in [-0.15, -0.1) is 0 Å². The highest BCUT2D eigenvalue weighted by atomic mass is 19.4. The Balaban J connectivity index is 3.71. The van der Waals surface area contributed by atoms with Gasteiger partial charge in [0.25, 0.3) is 6.43 Å². The van der Waals surface area contributed by atoms with Gasteiger partial charge in [-0.25, -0.2) is 13.8 Å². The number of hydrogen-bond acceptors (Lipinski definition) is 4. The average molecular weight is 270 g/mol. The molecule has 0 N–H and O–H groups in total. The topological polar surface area (TPSA) is 73.1 Å². The van der Waals surface area contributed by atoms with E-state index in [1.807, 2.05) is 0 Å². The minimum absolute atomic E-state index is 0.204. The molecular weight excluding hydrogens is 267 g/mol. The molecular formula is C8H3F5N2O3. The van der Waals surface area contributed by atoms with Crippen LogP contribution in [-0.2, 0) is 6.18 Å². The molecule has 5 nitrogen and oxygen atoms in total. The third kappa shape index (κ3) is 2.57. The van der Waals surface area contributed by atoms with Crippen molar-refractivity contribution in [2.24, 2.45) is 0 Å². The zero-order chi connectivity index (χ0) is 14.1. The van der Waals surface area contributed by atoms with E-state index in [4.69, 9.17) is 0 Å². The molecule has 1 aromatic heterocycles. The molecule has 0 bridgehead atoms. The summed E-state index contributed by atoms with van der Waals surface area (Å²) in [6.07, 6.45) is -9.05. The van der Waals surface area contributed by atoms with Crippen molar-refractivity contribution in [2.75, 3.05) is 0 Å². The number of pyridine rings is 1. The Bertz CT molecular complexity index is 500. The van der Waals surface area contributed by atoms with Gasteiger partial charge in [-0.1, -0.05) is 0 Å². The van der Waals surface area contributed by atoms with Gasteiger partial charge in [-0.3, -0.25) is 14.9 Å². The molecule has 1 rings (SSSR count). The third-order valence-corrected chi connectivity index (χ3v) is 1.85. The summed E-state index contributed by atoms with van der Waals surface area (Å²) in [5, 5.41) is 10.4. The summed E-state index contributed by atoms with van der Waals surface area (Å²) < 4.78 is 62.2. The first-order valence-electron chi connectivity index (χ1n) is 4.18. The lowest BCUT2D eigenvalue weighted by atomic mass is 10.1. The number of halogens is 5. The fraction of sp³-hybridized carbons (Fsp3) is 0.250. The van der Waals surface area contributed by atoms with Crippen LogP contribution >= 0.6 is 0 Å². The van der Waals surface area contributed by atoms with E-state index in [0.29, 0.717) is 0 Å². The summed E-state index contributed by atoms with van der Waals surface area (Å²) >= 11 is 0. The lowest BCUT2D eigenvalue weighted by molar-refractivity contribution is -0.390. The molecule has 10 heteroatoms. The summed E-state index contributed by atoms with van der Waals surface area (Å²) in [6, 6.07) is 0.255. The van der Waals surface area contributed by atoms with Crippen LogP contribution in [0.3, 0.4) is 0 Å². The highest BCUT2D eigenvalue weighted by molar-refractivity contribution is 5.73. The first-order valence-corrected chi connectivity index (χ1v) is 4.18. The quantitative estimate of drug-likeness (QED) is 0.366. The highest BCUT2D eigenvalue weighted by Crippen LogP contribution is 2.39. The van der Waals surface area contributed by atoms with Crippen LogP contribution in [-0.4, -0.2) is 16.2 Å². The van der Waals surface area contributed by atoms with E-state index in [9.17, 15) is 36.9 Å². The predicted molar refractivity (Wildman–Crippen MR) is 46.2 cm³/mol. The Morgan fingerprint density at radius 1 is 1.39 bits per heavy atom. The lowest BCUT2D eigenvalue weighted by Gasteiger charge is -2.10. The molecule has 0 saturated heterocycles. The molecule has 0 saturated carbocycles. The minimum atomic E-state index is -5.31. The molecule has 98 valence electrons. The molecule has 0 unspecified atom stereocenters. The van der Waals surface area contributed by atoms with Gasteiger partial charge in [0.1, 0.15) is 11.3 Å². The maximum atomic E-state index is 12.5. The van der Waals surface area contributed by atoms with Crippen LogP contribution in [0.4, 0.5) is 27.6 Å². The van der Waals surface area contributed by atoms with Crippen molar-refractivity contribution < 1.29 is 31.7 Å². The SMILES string of the molecule is O=Cc1cc(C(F)F)c([N+](=O)[O-])c(C(F)(F)F)n1. The second-order valence-electron chi connectivity index (χ2n) is 3.01. The van der Waals surface area contributed by atoms with Gasteiger partial charge < -0.3 is 0 Å². The molecule has 0 spiro atoms.